The van der Waals surface area contributed by atoms with E-state index in [1.807, 2.05) is 37.4 Å². The standard InChI is InChI=1S/C15H18ClNO2/c1-3-11-8-12(6-7-15(11)16)18-10-14-5-4-13(19-14)9-17-2/h4-8,17H,3,9-10H2,1-2H3. The van der Waals surface area contributed by atoms with Gasteiger partial charge in [0.15, 0.2) is 0 Å². The highest BCUT2D eigenvalue weighted by Gasteiger charge is 2.04. The van der Waals surface area contributed by atoms with Crippen molar-refractivity contribution in [2.75, 3.05) is 7.05 Å². The van der Waals surface area contributed by atoms with Gasteiger partial charge in [0.05, 0.1) is 6.54 Å². The zero-order valence-corrected chi connectivity index (χ0v) is 12.0. The van der Waals surface area contributed by atoms with Crippen LogP contribution in [0, 0.1) is 0 Å². The molecule has 0 aliphatic carbocycles. The number of rotatable bonds is 6. The van der Waals surface area contributed by atoms with E-state index in [2.05, 4.69) is 12.2 Å². The van der Waals surface area contributed by atoms with E-state index in [1.54, 1.807) is 0 Å². The average molecular weight is 280 g/mol. The highest BCUT2D eigenvalue weighted by atomic mass is 35.5. The van der Waals surface area contributed by atoms with E-state index in [0.717, 1.165) is 40.8 Å². The van der Waals surface area contributed by atoms with E-state index in [4.69, 9.17) is 20.8 Å². The van der Waals surface area contributed by atoms with Gasteiger partial charge in [0.2, 0.25) is 0 Å². The lowest BCUT2D eigenvalue weighted by atomic mass is 10.1. The molecule has 0 saturated carbocycles. The van der Waals surface area contributed by atoms with E-state index in [0.29, 0.717) is 6.61 Å². The Bertz CT molecular complexity index is 537. The number of furan rings is 1. The van der Waals surface area contributed by atoms with Crippen LogP contribution in [0.3, 0.4) is 0 Å². The van der Waals surface area contributed by atoms with Gasteiger partial charge in [-0.05, 0) is 49.4 Å². The fourth-order valence-corrected chi connectivity index (χ4v) is 2.09. The number of ether oxygens (including phenoxy) is 1. The second-order valence-corrected chi connectivity index (χ2v) is 4.70. The monoisotopic (exact) mass is 279 g/mol. The zero-order valence-electron chi connectivity index (χ0n) is 11.2. The maximum atomic E-state index is 6.07. The van der Waals surface area contributed by atoms with E-state index in [9.17, 15) is 0 Å². The van der Waals surface area contributed by atoms with Gasteiger partial charge in [0.25, 0.3) is 0 Å². The molecule has 1 N–H and O–H groups in total. The molecule has 0 unspecified atom stereocenters. The molecule has 19 heavy (non-hydrogen) atoms. The van der Waals surface area contributed by atoms with Gasteiger partial charge >= 0.3 is 0 Å². The number of benzene rings is 1. The van der Waals surface area contributed by atoms with Crippen LogP contribution in [-0.2, 0) is 19.6 Å². The number of aryl methyl sites for hydroxylation is 1. The van der Waals surface area contributed by atoms with Crippen molar-refractivity contribution >= 4 is 11.6 Å². The van der Waals surface area contributed by atoms with Crippen molar-refractivity contribution in [3.8, 4) is 5.75 Å². The molecule has 0 atom stereocenters. The molecule has 1 heterocycles. The Labute approximate surface area is 118 Å². The molecule has 102 valence electrons. The molecule has 0 aliphatic heterocycles. The Morgan fingerprint density at radius 3 is 2.74 bits per heavy atom. The summed E-state index contributed by atoms with van der Waals surface area (Å²) >= 11 is 6.07. The average Bonchev–Trinajstić information content (AvgIpc) is 2.86. The van der Waals surface area contributed by atoms with Crippen molar-refractivity contribution in [1.29, 1.82) is 0 Å². The van der Waals surface area contributed by atoms with Crippen molar-refractivity contribution in [1.82, 2.24) is 5.32 Å². The third-order valence-electron chi connectivity index (χ3n) is 2.85. The number of halogens is 1. The van der Waals surface area contributed by atoms with Gasteiger partial charge < -0.3 is 14.5 Å². The van der Waals surface area contributed by atoms with Crippen LogP contribution >= 0.6 is 11.6 Å². The van der Waals surface area contributed by atoms with Gasteiger partial charge in [-0.25, -0.2) is 0 Å². The predicted octanol–water partition coefficient (Wildman–Crippen LogP) is 3.79. The molecule has 0 aliphatic rings. The summed E-state index contributed by atoms with van der Waals surface area (Å²) in [5.41, 5.74) is 1.09. The molecule has 0 fully saturated rings. The van der Waals surface area contributed by atoms with Crippen molar-refractivity contribution in [3.63, 3.8) is 0 Å². The van der Waals surface area contributed by atoms with Crippen molar-refractivity contribution < 1.29 is 9.15 Å². The summed E-state index contributed by atoms with van der Waals surface area (Å²) in [4.78, 5) is 0. The van der Waals surface area contributed by atoms with Gasteiger partial charge in [0.1, 0.15) is 23.9 Å². The SMILES string of the molecule is CCc1cc(OCc2ccc(CNC)o2)ccc1Cl. The van der Waals surface area contributed by atoms with Gasteiger partial charge in [-0.3, -0.25) is 0 Å². The molecule has 0 spiro atoms. The first kappa shape index (κ1) is 14.0. The molecule has 1 aromatic carbocycles. The second-order valence-electron chi connectivity index (χ2n) is 4.29. The van der Waals surface area contributed by atoms with Crippen LogP contribution in [-0.4, -0.2) is 7.05 Å². The summed E-state index contributed by atoms with van der Waals surface area (Å²) in [5.74, 6) is 2.54. The zero-order chi connectivity index (χ0) is 13.7. The van der Waals surface area contributed by atoms with Crippen molar-refractivity contribution in [3.05, 3.63) is 52.4 Å². The lowest BCUT2D eigenvalue weighted by Gasteiger charge is -2.07. The normalized spacial score (nSPS) is 10.7. The number of hydrogen-bond acceptors (Lipinski definition) is 3. The molecular formula is C15H18ClNO2. The summed E-state index contributed by atoms with van der Waals surface area (Å²) in [6, 6.07) is 9.60. The molecular weight excluding hydrogens is 262 g/mol. The molecule has 0 amide bonds. The molecule has 2 aromatic rings. The smallest absolute Gasteiger partial charge is 0.146 e. The van der Waals surface area contributed by atoms with Crippen LogP contribution in [0.1, 0.15) is 24.0 Å². The molecule has 3 nitrogen and oxygen atoms in total. The minimum absolute atomic E-state index is 0.425. The summed E-state index contributed by atoms with van der Waals surface area (Å²) in [5, 5.41) is 3.82. The summed E-state index contributed by atoms with van der Waals surface area (Å²) in [6.45, 7) is 3.22. The summed E-state index contributed by atoms with van der Waals surface area (Å²) < 4.78 is 11.3. The van der Waals surface area contributed by atoms with Gasteiger partial charge in [-0.15, -0.1) is 0 Å². The van der Waals surface area contributed by atoms with E-state index < -0.39 is 0 Å². The number of nitrogens with one attached hydrogen (secondary N) is 1. The Balaban J connectivity index is 1.97. The van der Waals surface area contributed by atoms with Crippen LogP contribution in [0.4, 0.5) is 0 Å². The highest BCUT2D eigenvalue weighted by Crippen LogP contribution is 2.23. The molecule has 4 heteroatoms. The van der Waals surface area contributed by atoms with Crippen LogP contribution in [0.25, 0.3) is 0 Å². The van der Waals surface area contributed by atoms with Gasteiger partial charge in [-0.2, -0.15) is 0 Å². The Kier molecular flexibility index (Phi) is 4.88. The molecule has 0 radical (unpaired) electrons. The van der Waals surface area contributed by atoms with Crippen molar-refractivity contribution in [2.45, 2.75) is 26.5 Å². The summed E-state index contributed by atoms with van der Waals surface area (Å²) in [6.07, 6.45) is 0.892. The second kappa shape index (κ2) is 6.64. The van der Waals surface area contributed by atoms with Crippen LogP contribution in [0.15, 0.2) is 34.7 Å². The fraction of sp³-hybridized carbons (Fsp3) is 0.333. The third-order valence-corrected chi connectivity index (χ3v) is 3.22. The molecule has 2 rings (SSSR count). The predicted molar refractivity (Wildman–Crippen MR) is 76.6 cm³/mol. The maximum absolute atomic E-state index is 6.07. The molecule has 0 bridgehead atoms. The Morgan fingerprint density at radius 1 is 1.21 bits per heavy atom. The summed E-state index contributed by atoms with van der Waals surface area (Å²) in [7, 11) is 1.89. The van der Waals surface area contributed by atoms with Gasteiger partial charge in [-0.1, -0.05) is 18.5 Å². The van der Waals surface area contributed by atoms with E-state index >= 15 is 0 Å². The van der Waals surface area contributed by atoms with Gasteiger partial charge in [0, 0.05) is 5.02 Å². The first-order valence-corrected chi connectivity index (χ1v) is 6.74. The Hall–Kier alpha value is -1.45. The lowest BCUT2D eigenvalue weighted by molar-refractivity contribution is 0.265. The lowest BCUT2D eigenvalue weighted by Crippen LogP contribution is -2.03. The number of hydrogen-bond donors (Lipinski definition) is 1. The molecule has 0 saturated heterocycles. The first-order chi connectivity index (χ1) is 9.22. The van der Waals surface area contributed by atoms with Crippen LogP contribution in [0.2, 0.25) is 5.02 Å². The van der Waals surface area contributed by atoms with Crippen molar-refractivity contribution in [2.24, 2.45) is 0 Å². The largest absolute Gasteiger partial charge is 0.486 e. The highest BCUT2D eigenvalue weighted by molar-refractivity contribution is 6.31. The van der Waals surface area contributed by atoms with E-state index in [-0.39, 0.29) is 0 Å². The third kappa shape index (κ3) is 3.75. The quantitative estimate of drug-likeness (QED) is 0.873. The topological polar surface area (TPSA) is 34.4 Å². The Morgan fingerprint density at radius 2 is 2.00 bits per heavy atom. The van der Waals surface area contributed by atoms with Crippen LogP contribution in [0.5, 0.6) is 5.75 Å². The maximum Gasteiger partial charge on any atom is 0.146 e. The fourth-order valence-electron chi connectivity index (χ4n) is 1.84. The van der Waals surface area contributed by atoms with Crippen LogP contribution < -0.4 is 10.1 Å². The first-order valence-electron chi connectivity index (χ1n) is 6.36. The minimum atomic E-state index is 0.425. The molecule has 1 aromatic heterocycles. The van der Waals surface area contributed by atoms with E-state index in [1.165, 1.54) is 0 Å². The minimum Gasteiger partial charge on any atom is -0.486 e.